The number of nitrogens with two attached hydrogens (primary N) is 1. The average Bonchev–Trinajstić information content (AvgIpc) is 2.79. The number of phenolic OH excluding ortho intramolecular Hbond substituents is 1. The summed E-state index contributed by atoms with van der Waals surface area (Å²) in [5, 5.41) is 16.1. The Bertz CT molecular complexity index is 928. The molecule has 0 aliphatic heterocycles. The molecule has 214 valence electrons. The summed E-state index contributed by atoms with van der Waals surface area (Å²) in [6, 6.07) is 3.81. The second-order valence-electron chi connectivity index (χ2n) is 10.8. The Morgan fingerprint density at radius 1 is 1.03 bits per heavy atom. The quantitative estimate of drug-likeness (QED) is 0.250. The molecule has 1 rings (SSSR count). The van der Waals surface area contributed by atoms with Gasteiger partial charge in [-0.1, -0.05) is 50.8 Å². The predicted molar refractivity (Wildman–Crippen MR) is 146 cm³/mol. The fraction of sp³-hybridized carbons (Fsp3) is 0.643. The molecule has 0 saturated carbocycles. The van der Waals surface area contributed by atoms with Gasteiger partial charge in [0.1, 0.15) is 23.4 Å². The molecule has 0 fully saturated rings. The molecule has 0 saturated heterocycles. The molecule has 0 aliphatic rings. The zero-order chi connectivity index (χ0) is 28.9. The van der Waals surface area contributed by atoms with Crippen LogP contribution in [0.15, 0.2) is 24.3 Å². The van der Waals surface area contributed by atoms with Crippen molar-refractivity contribution in [3.05, 3.63) is 29.8 Å². The molecular weight excluding hydrogens is 488 g/mol. The molecule has 5 N–H and O–H groups in total. The number of amides is 4. The summed E-state index contributed by atoms with van der Waals surface area (Å²) >= 11 is 0. The number of nitrogens with one attached hydrogen (secondary N) is 2. The summed E-state index contributed by atoms with van der Waals surface area (Å²) in [6.07, 6.45) is 3.46. The van der Waals surface area contributed by atoms with Crippen molar-refractivity contribution in [3.8, 4) is 5.75 Å². The van der Waals surface area contributed by atoms with Gasteiger partial charge in [-0.25, -0.2) is 4.79 Å². The van der Waals surface area contributed by atoms with Gasteiger partial charge in [-0.3, -0.25) is 14.4 Å². The number of nitrogens with zero attached hydrogens (tertiary/aromatic N) is 1. The number of hydrogen-bond acceptors (Lipinski definition) is 6. The highest BCUT2D eigenvalue weighted by Gasteiger charge is 2.37. The van der Waals surface area contributed by atoms with Crippen LogP contribution in [0.2, 0.25) is 0 Å². The minimum atomic E-state index is -1.17. The van der Waals surface area contributed by atoms with Crippen molar-refractivity contribution in [2.24, 2.45) is 5.73 Å². The van der Waals surface area contributed by atoms with Crippen LogP contribution in [0.5, 0.6) is 5.75 Å². The maximum Gasteiger partial charge on any atom is 0.408 e. The van der Waals surface area contributed by atoms with E-state index in [-0.39, 0.29) is 36.7 Å². The van der Waals surface area contributed by atoms with E-state index in [0.717, 1.165) is 25.7 Å². The largest absolute Gasteiger partial charge is 0.508 e. The third-order valence-corrected chi connectivity index (χ3v) is 5.68. The molecule has 1 aromatic carbocycles. The second-order valence-corrected chi connectivity index (χ2v) is 10.8. The molecule has 1 aromatic rings. The zero-order valence-electron chi connectivity index (χ0n) is 23.7. The Kier molecular flexibility index (Phi) is 13.6. The molecule has 0 aromatic heterocycles. The molecule has 10 nitrogen and oxygen atoms in total. The number of phenols is 1. The molecule has 0 heterocycles. The number of rotatable bonds is 15. The molecule has 0 aliphatic carbocycles. The van der Waals surface area contributed by atoms with Crippen molar-refractivity contribution in [2.45, 2.75) is 110 Å². The number of unbranched alkanes of at least 4 members (excludes halogenated alkanes) is 4. The molecule has 38 heavy (non-hydrogen) atoms. The first kappa shape index (κ1) is 32.7. The normalized spacial score (nSPS) is 12.9. The van der Waals surface area contributed by atoms with E-state index in [2.05, 4.69) is 17.6 Å². The first-order chi connectivity index (χ1) is 17.8. The van der Waals surface area contributed by atoms with Crippen molar-refractivity contribution in [1.29, 1.82) is 0 Å². The first-order valence-electron chi connectivity index (χ1n) is 13.4. The van der Waals surface area contributed by atoms with Gasteiger partial charge in [-0.05, 0) is 53.5 Å². The number of carbonyl (C=O) groups is 4. The van der Waals surface area contributed by atoms with Crippen molar-refractivity contribution in [1.82, 2.24) is 15.5 Å². The number of ether oxygens (including phenoxy) is 1. The van der Waals surface area contributed by atoms with Crippen molar-refractivity contribution in [2.75, 3.05) is 6.54 Å². The Labute approximate surface area is 226 Å². The molecule has 2 unspecified atom stereocenters. The lowest BCUT2D eigenvalue weighted by Gasteiger charge is -2.35. The number of para-hydroxylation sites is 1. The number of carbonyl (C=O) groups excluding carboxylic acids is 4. The lowest BCUT2D eigenvalue weighted by atomic mass is 9.99. The fourth-order valence-electron chi connectivity index (χ4n) is 3.98. The first-order valence-corrected chi connectivity index (χ1v) is 13.4. The Morgan fingerprint density at radius 2 is 1.66 bits per heavy atom. The maximum absolute atomic E-state index is 14.0. The molecule has 0 radical (unpaired) electrons. The Balaban J connectivity index is 3.48. The van der Waals surface area contributed by atoms with E-state index in [1.807, 2.05) is 0 Å². The number of hydrogen-bond donors (Lipinski definition) is 4. The van der Waals surface area contributed by atoms with Crippen LogP contribution in [0.4, 0.5) is 4.79 Å². The third kappa shape index (κ3) is 11.8. The van der Waals surface area contributed by atoms with E-state index >= 15 is 0 Å². The average molecular weight is 535 g/mol. The highest BCUT2D eigenvalue weighted by atomic mass is 16.6. The van der Waals surface area contributed by atoms with E-state index < -0.39 is 41.5 Å². The molecular formula is C28H46N4O6. The summed E-state index contributed by atoms with van der Waals surface area (Å²) in [5.41, 5.74) is 4.80. The summed E-state index contributed by atoms with van der Waals surface area (Å²) in [7, 11) is 0. The molecule has 0 spiro atoms. The van der Waals surface area contributed by atoms with E-state index in [0.29, 0.717) is 6.42 Å². The lowest BCUT2D eigenvalue weighted by molar-refractivity contribution is -0.143. The number of benzene rings is 1. The highest BCUT2D eigenvalue weighted by molar-refractivity contribution is 5.93. The van der Waals surface area contributed by atoms with Crippen molar-refractivity contribution < 1.29 is 29.0 Å². The van der Waals surface area contributed by atoms with E-state index in [1.165, 1.54) is 11.0 Å². The molecule has 2 atom stereocenters. The van der Waals surface area contributed by atoms with Crippen LogP contribution < -0.4 is 16.4 Å². The third-order valence-electron chi connectivity index (χ3n) is 5.68. The van der Waals surface area contributed by atoms with Crippen LogP contribution in [0, 0.1) is 0 Å². The van der Waals surface area contributed by atoms with E-state index in [9.17, 15) is 24.3 Å². The van der Waals surface area contributed by atoms with Crippen LogP contribution in [-0.4, -0.2) is 58.1 Å². The van der Waals surface area contributed by atoms with Crippen molar-refractivity contribution >= 4 is 23.8 Å². The van der Waals surface area contributed by atoms with Gasteiger partial charge in [0, 0.05) is 24.6 Å². The number of aromatic hydroxyl groups is 1. The van der Waals surface area contributed by atoms with Crippen LogP contribution in [0.1, 0.15) is 98.1 Å². The number of alkyl carbamates (subject to hydrolysis) is 1. The maximum atomic E-state index is 14.0. The summed E-state index contributed by atoms with van der Waals surface area (Å²) in [6.45, 7) is 11.0. The highest BCUT2D eigenvalue weighted by Crippen LogP contribution is 2.30. The van der Waals surface area contributed by atoms with Gasteiger partial charge in [-0.2, -0.15) is 0 Å². The van der Waals surface area contributed by atoms with Gasteiger partial charge in [0.05, 0.1) is 0 Å². The van der Waals surface area contributed by atoms with E-state index in [1.54, 1.807) is 52.8 Å². The Morgan fingerprint density at radius 3 is 2.21 bits per heavy atom. The number of primary amides is 1. The topological polar surface area (TPSA) is 151 Å². The SMILES string of the molecule is CCCCCCCN(C(=O)C(CCC(N)=O)NC(=O)OC(C)(C)C)C(C(=O)NC(C)C)c1ccccc1O. The van der Waals surface area contributed by atoms with Gasteiger partial charge < -0.3 is 31.1 Å². The van der Waals surface area contributed by atoms with Crippen LogP contribution in [0.25, 0.3) is 0 Å². The van der Waals surface area contributed by atoms with Gasteiger partial charge in [-0.15, -0.1) is 0 Å². The smallest absolute Gasteiger partial charge is 0.408 e. The van der Waals surface area contributed by atoms with Crippen molar-refractivity contribution in [3.63, 3.8) is 0 Å². The predicted octanol–water partition coefficient (Wildman–Crippen LogP) is 3.92. The van der Waals surface area contributed by atoms with Crippen LogP contribution >= 0.6 is 0 Å². The molecule has 4 amide bonds. The molecule has 10 heteroatoms. The zero-order valence-corrected chi connectivity index (χ0v) is 23.7. The van der Waals surface area contributed by atoms with Crippen LogP contribution in [-0.2, 0) is 19.1 Å². The minimum Gasteiger partial charge on any atom is -0.508 e. The van der Waals surface area contributed by atoms with Gasteiger partial charge in [0.15, 0.2) is 0 Å². The summed E-state index contributed by atoms with van der Waals surface area (Å²) in [4.78, 5) is 53.1. The van der Waals surface area contributed by atoms with Gasteiger partial charge >= 0.3 is 6.09 Å². The van der Waals surface area contributed by atoms with Gasteiger partial charge in [0.25, 0.3) is 0 Å². The fourth-order valence-corrected chi connectivity index (χ4v) is 3.98. The summed E-state index contributed by atoms with van der Waals surface area (Å²) < 4.78 is 5.34. The minimum absolute atomic E-state index is 0.0704. The summed E-state index contributed by atoms with van der Waals surface area (Å²) in [5.74, 6) is -1.79. The van der Waals surface area contributed by atoms with E-state index in [4.69, 9.17) is 10.5 Å². The van der Waals surface area contributed by atoms with Crippen LogP contribution in [0.3, 0.4) is 0 Å². The monoisotopic (exact) mass is 534 g/mol. The van der Waals surface area contributed by atoms with Gasteiger partial charge in [0.2, 0.25) is 17.7 Å². The lowest BCUT2D eigenvalue weighted by Crippen LogP contribution is -2.54. The molecule has 0 bridgehead atoms. The second kappa shape index (κ2) is 15.8. The standard InChI is InChI=1S/C28H46N4O6/c1-7-8-9-10-13-18-32(24(25(35)30-19(2)3)20-14-11-12-15-22(20)33)26(36)21(16-17-23(29)34)31-27(37)38-28(4,5)6/h11-12,14-15,19,21,24,33H,7-10,13,16-18H2,1-6H3,(H2,29,34)(H,30,35)(H,31,37). The Hall–Kier alpha value is -3.30.